The Morgan fingerprint density at radius 3 is 2.27 bits per heavy atom. The molecule has 0 amide bonds. The summed E-state index contributed by atoms with van der Waals surface area (Å²) in [5.41, 5.74) is 0.205. The second-order valence-corrected chi connectivity index (χ2v) is 1.99. The van der Waals surface area contributed by atoms with Crippen LogP contribution in [-0.4, -0.2) is 23.3 Å². The SMILES string of the molecule is C=C(CCCC)C(=O)[O-].[Al+2].[Cl-]. The van der Waals surface area contributed by atoms with E-state index in [0.29, 0.717) is 6.42 Å². The van der Waals surface area contributed by atoms with E-state index in [9.17, 15) is 9.90 Å². The molecular weight excluding hydrogens is 179 g/mol. The molecule has 0 aliphatic rings. The summed E-state index contributed by atoms with van der Waals surface area (Å²) in [5.74, 6) is -1.12. The average molecular weight is 190 g/mol. The molecule has 0 rings (SSSR count). The summed E-state index contributed by atoms with van der Waals surface area (Å²) >= 11 is 0. The number of carboxylic acids is 1. The van der Waals surface area contributed by atoms with Crippen LogP contribution in [0, 0.1) is 0 Å². The van der Waals surface area contributed by atoms with Crippen molar-refractivity contribution in [1.29, 1.82) is 0 Å². The number of carboxylic acid groups (broad SMARTS) is 1. The molecule has 0 aromatic heterocycles. The van der Waals surface area contributed by atoms with Crippen LogP contribution in [0.5, 0.6) is 0 Å². The third-order valence-corrected chi connectivity index (χ3v) is 1.12. The van der Waals surface area contributed by atoms with Crippen LogP contribution in [0.4, 0.5) is 0 Å². The van der Waals surface area contributed by atoms with Crippen molar-refractivity contribution >= 4 is 23.3 Å². The van der Waals surface area contributed by atoms with Crippen LogP contribution in [0.3, 0.4) is 0 Å². The summed E-state index contributed by atoms with van der Waals surface area (Å²) in [5, 5.41) is 9.99. The standard InChI is InChI=1S/C7H12O2.Al.ClH/c1-3-4-5-6(2)7(8)9;;/h2-5H2,1H3,(H,8,9);;1H/q;+2;/p-2. The molecule has 61 valence electrons. The second kappa shape index (κ2) is 10.0. The molecule has 4 heteroatoms. The molecule has 0 N–H and O–H groups in total. The predicted molar refractivity (Wildman–Crippen MR) is 39.4 cm³/mol. The fraction of sp³-hybridized carbons (Fsp3) is 0.571. The van der Waals surface area contributed by atoms with Crippen molar-refractivity contribution in [2.24, 2.45) is 0 Å². The normalized spacial score (nSPS) is 7.36. The van der Waals surface area contributed by atoms with Gasteiger partial charge in [-0.05, 0) is 18.4 Å². The third-order valence-electron chi connectivity index (χ3n) is 1.12. The Morgan fingerprint density at radius 2 is 2.00 bits per heavy atom. The number of halogens is 1. The molecule has 0 unspecified atom stereocenters. The Labute approximate surface area is 84.2 Å². The van der Waals surface area contributed by atoms with Crippen LogP contribution in [-0.2, 0) is 4.79 Å². The third kappa shape index (κ3) is 10.0. The first-order valence-electron chi connectivity index (χ1n) is 3.07. The van der Waals surface area contributed by atoms with Gasteiger partial charge in [-0.2, -0.15) is 0 Å². The summed E-state index contributed by atoms with van der Waals surface area (Å²) < 4.78 is 0. The Morgan fingerprint density at radius 1 is 1.55 bits per heavy atom. The number of hydrogen-bond acceptors (Lipinski definition) is 2. The van der Waals surface area contributed by atoms with E-state index in [-0.39, 0.29) is 35.3 Å². The molecule has 0 saturated heterocycles. The van der Waals surface area contributed by atoms with Gasteiger partial charge in [0.05, 0.1) is 5.97 Å². The molecule has 0 aliphatic heterocycles. The van der Waals surface area contributed by atoms with Crippen LogP contribution in [0.2, 0.25) is 0 Å². The summed E-state index contributed by atoms with van der Waals surface area (Å²) in [7, 11) is 0. The van der Waals surface area contributed by atoms with Crippen molar-refractivity contribution in [2.45, 2.75) is 26.2 Å². The van der Waals surface area contributed by atoms with E-state index < -0.39 is 5.97 Å². The topological polar surface area (TPSA) is 40.1 Å². The minimum atomic E-state index is -1.12. The van der Waals surface area contributed by atoms with E-state index in [2.05, 4.69) is 6.58 Å². The number of aliphatic carboxylic acids is 1. The number of carbonyl (C=O) groups excluding carboxylic acids is 1. The average Bonchev–Trinajstić information content (AvgIpc) is 1.82. The molecule has 0 aromatic rings. The Hall–Kier alpha value is 0.0325. The van der Waals surface area contributed by atoms with Crippen molar-refractivity contribution in [2.75, 3.05) is 0 Å². The Balaban J connectivity index is -0.000000320. The van der Waals surface area contributed by atoms with Gasteiger partial charge in [0.25, 0.3) is 0 Å². The summed E-state index contributed by atoms with van der Waals surface area (Å²) in [6.45, 7) is 5.33. The van der Waals surface area contributed by atoms with Gasteiger partial charge in [0.2, 0.25) is 0 Å². The number of hydrogen-bond donors (Lipinski definition) is 0. The van der Waals surface area contributed by atoms with E-state index in [4.69, 9.17) is 0 Å². The predicted octanol–water partition coefficient (Wildman–Crippen LogP) is -2.89. The Bertz CT molecular complexity index is 126. The quantitative estimate of drug-likeness (QED) is 0.352. The van der Waals surface area contributed by atoms with Gasteiger partial charge in [-0.1, -0.05) is 19.9 Å². The summed E-state index contributed by atoms with van der Waals surface area (Å²) in [6, 6.07) is 0. The molecule has 0 aromatic carbocycles. The van der Waals surface area contributed by atoms with Gasteiger partial charge in [0.1, 0.15) is 0 Å². The van der Waals surface area contributed by atoms with Crippen molar-refractivity contribution in [3.63, 3.8) is 0 Å². The molecule has 0 spiro atoms. The fourth-order valence-corrected chi connectivity index (χ4v) is 0.492. The second-order valence-electron chi connectivity index (χ2n) is 1.99. The van der Waals surface area contributed by atoms with Gasteiger partial charge in [0.15, 0.2) is 0 Å². The van der Waals surface area contributed by atoms with Crippen LogP contribution in [0.25, 0.3) is 0 Å². The molecule has 0 heterocycles. The van der Waals surface area contributed by atoms with Crippen LogP contribution in [0.1, 0.15) is 26.2 Å². The molecular formula is C7H11AlClO2. The molecule has 2 nitrogen and oxygen atoms in total. The molecule has 0 atom stereocenters. The van der Waals surface area contributed by atoms with Gasteiger partial charge in [-0.25, -0.2) is 0 Å². The van der Waals surface area contributed by atoms with Gasteiger partial charge < -0.3 is 22.3 Å². The zero-order chi connectivity index (χ0) is 7.28. The van der Waals surface area contributed by atoms with Gasteiger partial charge in [-0.15, -0.1) is 0 Å². The number of carbonyl (C=O) groups is 1. The minimum Gasteiger partial charge on any atom is -1.00 e. The molecule has 0 saturated carbocycles. The zero-order valence-corrected chi connectivity index (χ0v) is 8.51. The smallest absolute Gasteiger partial charge is 1.00 e. The van der Waals surface area contributed by atoms with Crippen molar-refractivity contribution in [3.8, 4) is 0 Å². The molecule has 0 bridgehead atoms. The first-order chi connectivity index (χ1) is 4.18. The largest absolute Gasteiger partial charge is 2.00 e. The monoisotopic (exact) mass is 189 g/mol. The summed E-state index contributed by atoms with van der Waals surface area (Å²) in [4.78, 5) is 9.99. The van der Waals surface area contributed by atoms with Crippen molar-refractivity contribution in [1.82, 2.24) is 0 Å². The first kappa shape index (κ1) is 17.2. The minimum absolute atomic E-state index is 0. The van der Waals surface area contributed by atoms with Gasteiger partial charge in [0, 0.05) is 0 Å². The number of unbranched alkanes of at least 4 members (excludes halogenated alkanes) is 1. The maximum absolute atomic E-state index is 9.99. The zero-order valence-electron chi connectivity index (χ0n) is 6.60. The van der Waals surface area contributed by atoms with E-state index >= 15 is 0 Å². The van der Waals surface area contributed by atoms with E-state index in [1.54, 1.807) is 0 Å². The summed E-state index contributed by atoms with van der Waals surface area (Å²) in [6.07, 6.45) is 2.43. The van der Waals surface area contributed by atoms with E-state index in [0.717, 1.165) is 12.8 Å². The molecule has 11 heavy (non-hydrogen) atoms. The van der Waals surface area contributed by atoms with Gasteiger partial charge in [-0.3, -0.25) is 0 Å². The van der Waals surface area contributed by atoms with E-state index in [1.165, 1.54) is 0 Å². The maximum Gasteiger partial charge on any atom is 2.00 e. The maximum atomic E-state index is 9.99. The first-order valence-corrected chi connectivity index (χ1v) is 3.07. The van der Waals surface area contributed by atoms with Crippen molar-refractivity contribution < 1.29 is 22.3 Å². The fourth-order valence-electron chi connectivity index (χ4n) is 0.492. The van der Waals surface area contributed by atoms with Gasteiger partial charge >= 0.3 is 17.4 Å². The van der Waals surface area contributed by atoms with Crippen LogP contribution in [0.15, 0.2) is 12.2 Å². The molecule has 1 radical (unpaired) electrons. The van der Waals surface area contributed by atoms with Crippen LogP contribution < -0.4 is 17.5 Å². The Kier molecular flexibility index (Phi) is 15.7. The van der Waals surface area contributed by atoms with E-state index in [1.807, 2.05) is 6.92 Å². The van der Waals surface area contributed by atoms with Crippen molar-refractivity contribution in [3.05, 3.63) is 12.2 Å². The molecule has 0 fully saturated rings. The number of rotatable bonds is 4. The van der Waals surface area contributed by atoms with Crippen LogP contribution >= 0.6 is 0 Å². The molecule has 0 aliphatic carbocycles.